The fraction of sp³-hybridized carbons (Fsp3) is 0.105. The molecule has 8 nitrogen and oxygen atoms in total. The largest absolute Gasteiger partial charge is 0.493 e. The summed E-state index contributed by atoms with van der Waals surface area (Å²) in [6.07, 6.45) is 1.53. The van der Waals surface area contributed by atoms with Crippen molar-refractivity contribution < 1.29 is 18.3 Å². The third-order valence-electron chi connectivity index (χ3n) is 4.33. The minimum Gasteiger partial charge on any atom is -0.493 e. The van der Waals surface area contributed by atoms with Crippen LogP contribution < -0.4 is 20.5 Å². The molecule has 0 saturated heterocycles. The SMILES string of the molecule is COc1ccc(-c2cnc(N)nc2Nc2n[nH]c3c(F)cc(F)cc23)cc1OC. The third kappa shape index (κ3) is 3.35. The first kappa shape index (κ1) is 18.4. The Morgan fingerprint density at radius 3 is 2.59 bits per heavy atom. The average Bonchev–Trinajstić information content (AvgIpc) is 3.10. The zero-order chi connectivity index (χ0) is 20.5. The van der Waals surface area contributed by atoms with Gasteiger partial charge in [0, 0.05) is 17.8 Å². The van der Waals surface area contributed by atoms with Gasteiger partial charge in [0.15, 0.2) is 23.1 Å². The highest BCUT2D eigenvalue weighted by Gasteiger charge is 2.16. The summed E-state index contributed by atoms with van der Waals surface area (Å²) in [5.41, 5.74) is 7.10. The molecule has 0 radical (unpaired) electrons. The summed E-state index contributed by atoms with van der Waals surface area (Å²) in [5.74, 6) is 0.132. The first-order valence-electron chi connectivity index (χ1n) is 8.45. The highest BCUT2D eigenvalue weighted by atomic mass is 19.1. The van der Waals surface area contributed by atoms with E-state index in [1.54, 1.807) is 18.2 Å². The van der Waals surface area contributed by atoms with E-state index >= 15 is 0 Å². The summed E-state index contributed by atoms with van der Waals surface area (Å²) in [7, 11) is 3.07. The number of fused-ring (bicyclic) bond motifs is 1. The number of nitrogens with zero attached hydrogens (tertiary/aromatic N) is 3. The van der Waals surface area contributed by atoms with Crippen LogP contribution in [-0.4, -0.2) is 34.4 Å². The maximum absolute atomic E-state index is 14.0. The van der Waals surface area contributed by atoms with Gasteiger partial charge in [0.2, 0.25) is 5.95 Å². The van der Waals surface area contributed by atoms with Gasteiger partial charge >= 0.3 is 0 Å². The van der Waals surface area contributed by atoms with E-state index in [-0.39, 0.29) is 22.7 Å². The summed E-state index contributed by atoms with van der Waals surface area (Å²) in [5, 5.41) is 9.79. The smallest absolute Gasteiger partial charge is 0.221 e. The molecule has 0 fully saturated rings. The molecule has 4 aromatic rings. The summed E-state index contributed by atoms with van der Waals surface area (Å²) >= 11 is 0. The van der Waals surface area contributed by atoms with Crippen molar-refractivity contribution in [2.45, 2.75) is 0 Å². The Balaban J connectivity index is 1.81. The number of nitrogens with two attached hydrogens (primary N) is 1. The number of methoxy groups -OCH3 is 2. The molecule has 0 amide bonds. The van der Waals surface area contributed by atoms with Crippen LogP contribution in [0.5, 0.6) is 11.5 Å². The molecule has 0 aliphatic rings. The van der Waals surface area contributed by atoms with Crippen LogP contribution in [0.25, 0.3) is 22.0 Å². The predicted octanol–water partition coefficient (Wildman–Crippen LogP) is 3.64. The number of rotatable bonds is 5. The van der Waals surface area contributed by atoms with Crippen molar-refractivity contribution >= 4 is 28.5 Å². The first-order valence-corrected chi connectivity index (χ1v) is 8.45. The average molecular weight is 398 g/mol. The normalized spacial score (nSPS) is 10.9. The highest BCUT2D eigenvalue weighted by Crippen LogP contribution is 2.36. The topological polar surface area (TPSA) is 111 Å². The molecule has 2 heterocycles. The molecule has 4 rings (SSSR count). The molecule has 0 atom stereocenters. The van der Waals surface area contributed by atoms with Crippen LogP contribution in [0.4, 0.5) is 26.4 Å². The fourth-order valence-electron chi connectivity index (χ4n) is 2.96. The zero-order valence-electron chi connectivity index (χ0n) is 15.5. The monoisotopic (exact) mass is 398 g/mol. The van der Waals surface area contributed by atoms with Crippen molar-refractivity contribution in [1.29, 1.82) is 0 Å². The minimum absolute atomic E-state index is 0.0222. The molecule has 0 unspecified atom stereocenters. The maximum Gasteiger partial charge on any atom is 0.221 e. The molecule has 2 aromatic carbocycles. The second-order valence-electron chi connectivity index (χ2n) is 6.07. The second kappa shape index (κ2) is 7.23. The van der Waals surface area contributed by atoms with Crippen LogP contribution in [0.2, 0.25) is 0 Å². The number of aromatic nitrogens is 4. The number of H-pyrrole nitrogens is 1. The number of anilines is 3. The molecule has 0 spiro atoms. The van der Waals surface area contributed by atoms with Crippen molar-refractivity contribution in [2.75, 3.05) is 25.3 Å². The quantitative estimate of drug-likeness (QED) is 0.471. The molecule has 0 aliphatic heterocycles. The lowest BCUT2D eigenvalue weighted by Crippen LogP contribution is -2.03. The number of aromatic amines is 1. The van der Waals surface area contributed by atoms with Gasteiger partial charge < -0.3 is 20.5 Å². The van der Waals surface area contributed by atoms with Gasteiger partial charge in [0.25, 0.3) is 0 Å². The van der Waals surface area contributed by atoms with E-state index in [4.69, 9.17) is 15.2 Å². The fourth-order valence-corrected chi connectivity index (χ4v) is 2.96. The van der Waals surface area contributed by atoms with Crippen LogP contribution in [-0.2, 0) is 0 Å². The van der Waals surface area contributed by atoms with Gasteiger partial charge in [-0.15, -0.1) is 0 Å². The number of benzene rings is 2. The minimum atomic E-state index is -0.747. The number of halogens is 2. The second-order valence-corrected chi connectivity index (χ2v) is 6.07. The van der Waals surface area contributed by atoms with Crippen LogP contribution in [0.1, 0.15) is 0 Å². The van der Waals surface area contributed by atoms with Crippen LogP contribution in [0.3, 0.4) is 0 Å². The Kier molecular flexibility index (Phi) is 4.59. The van der Waals surface area contributed by atoms with E-state index < -0.39 is 11.6 Å². The molecule has 0 bridgehead atoms. The number of ether oxygens (including phenoxy) is 2. The molecule has 0 aliphatic carbocycles. The van der Waals surface area contributed by atoms with E-state index in [9.17, 15) is 8.78 Å². The molecule has 0 saturated carbocycles. The third-order valence-corrected chi connectivity index (χ3v) is 4.33. The summed E-state index contributed by atoms with van der Waals surface area (Å²) < 4.78 is 38.2. The summed E-state index contributed by atoms with van der Waals surface area (Å²) in [6, 6.07) is 7.24. The number of nitrogen functional groups attached to an aromatic ring is 1. The Labute approximate surface area is 163 Å². The highest BCUT2D eigenvalue weighted by molar-refractivity contribution is 5.93. The van der Waals surface area contributed by atoms with Crippen LogP contribution >= 0.6 is 0 Å². The predicted molar refractivity (Wildman–Crippen MR) is 104 cm³/mol. The lowest BCUT2D eigenvalue weighted by atomic mass is 10.1. The first-order chi connectivity index (χ1) is 14.0. The molecular weight excluding hydrogens is 382 g/mol. The van der Waals surface area contributed by atoms with Crippen LogP contribution in [0.15, 0.2) is 36.5 Å². The lowest BCUT2D eigenvalue weighted by molar-refractivity contribution is 0.355. The van der Waals surface area contributed by atoms with Crippen LogP contribution in [0, 0.1) is 11.6 Å². The van der Waals surface area contributed by atoms with Crippen molar-refractivity contribution in [3.63, 3.8) is 0 Å². The van der Waals surface area contributed by atoms with Gasteiger partial charge in [0.05, 0.1) is 19.6 Å². The van der Waals surface area contributed by atoms with E-state index in [1.165, 1.54) is 26.5 Å². The van der Waals surface area contributed by atoms with E-state index in [0.29, 0.717) is 28.4 Å². The molecule has 10 heteroatoms. The van der Waals surface area contributed by atoms with Gasteiger partial charge in [-0.3, -0.25) is 5.10 Å². The van der Waals surface area contributed by atoms with Gasteiger partial charge in [0.1, 0.15) is 17.2 Å². The zero-order valence-corrected chi connectivity index (χ0v) is 15.5. The molecule has 148 valence electrons. The van der Waals surface area contributed by atoms with Gasteiger partial charge in [-0.1, -0.05) is 6.07 Å². The molecular formula is C19H16F2N6O2. The van der Waals surface area contributed by atoms with Crippen molar-refractivity contribution in [3.05, 3.63) is 48.2 Å². The van der Waals surface area contributed by atoms with Gasteiger partial charge in [-0.25, -0.2) is 13.8 Å². The maximum atomic E-state index is 14.0. The van der Waals surface area contributed by atoms with Gasteiger partial charge in [-0.2, -0.15) is 10.1 Å². The Bertz CT molecular complexity index is 1210. The number of hydrogen-bond donors (Lipinski definition) is 3. The summed E-state index contributed by atoms with van der Waals surface area (Å²) in [6.45, 7) is 0. The van der Waals surface area contributed by atoms with Crippen molar-refractivity contribution in [1.82, 2.24) is 20.2 Å². The van der Waals surface area contributed by atoms with Gasteiger partial charge in [-0.05, 0) is 23.8 Å². The standard InChI is InChI=1S/C19H16F2N6O2/c1-28-14-4-3-9(5-15(14)29-2)12-8-23-19(22)25-17(12)24-18-11-6-10(20)7-13(21)16(11)26-27-18/h3-8H,1-2H3,(H4,22,23,24,25,26,27). The summed E-state index contributed by atoms with van der Waals surface area (Å²) in [4.78, 5) is 8.26. The number of nitrogens with one attached hydrogen (secondary N) is 2. The molecule has 2 aromatic heterocycles. The molecule has 4 N–H and O–H groups in total. The Hall–Kier alpha value is -3.95. The van der Waals surface area contributed by atoms with E-state index in [2.05, 4.69) is 25.5 Å². The van der Waals surface area contributed by atoms with Crippen molar-refractivity contribution in [2.24, 2.45) is 0 Å². The Morgan fingerprint density at radius 2 is 1.83 bits per heavy atom. The van der Waals surface area contributed by atoms with Crippen molar-refractivity contribution in [3.8, 4) is 22.6 Å². The van der Waals surface area contributed by atoms with E-state index in [1.807, 2.05) is 0 Å². The number of hydrogen-bond acceptors (Lipinski definition) is 7. The van der Waals surface area contributed by atoms with E-state index in [0.717, 1.165) is 6.07 Å². The molecule has 29 heavy (non-hydrogen) atoms. The Morgan fingerprint density at radius 1 is 1.03 bits per heavy atom. The lowest BCUT2D eigenvalue weighted by Gasteiger charge is -2.13.